The zero-order valence-electron chi connectivity index (χ0n) is 7.54. The molecule has 0 radical (unpaired) electrons. The van der Waals surface area contributed by atoms with Gasteiger partial charge in [0.2, 0.25) is 10.0 Å². The molecule has 0 aliphatic rings. The van der Waals surface area contributed by atoms with E-state index in [4.69, 9.17) is 0 Å². The minimum absolute atomic E-state index is 0.268. The van der Waals surface area contributed by atoms with Gasteiger partial charge in [0.1, 0.15) is 4.90 Å². The van der Waals surface area contributed by atoms with Gasteiger partial charge in [0, 0.05) is 5.69 Å². The Balaban J connectivity index is 3.68. The van der Waals surface area contributed by atoms with E-state index in [0.717, 1.165) is 6.92 Å². The largest absolute Gasteiger partial charge is 0.267 e. The van der Waals surface area contributed by atoms with Gasteiger partial charge in [-0.1, -0.05) is 0 Å². The van der Waals surface area contributed by atoms with Crippen molar-refractivity contribution in [2.75, 3.05) is 0 Å². The van der Waals surface area contributed by atoms with Gasteiger partial charge in [-0.2, -0.15) is 0 Å². The lowest BCUT2D eigenvalue weighted by molar-refractivity contribution is 0.145. The van der Waals surface area contributed by atoms with Crippen molar-refractivity contribution >= 4 is 10.0 Å². The van der Waals surface area contributed by atoms with E-state index >= 15 is 0 Å². The molecule has 2 N–H and O–H groups in total. The van der Waals surface area contributed by atoms with E-state index in [-0.39, 0.29) is 5.69 Å². The first-order chi connectivity index (χ1) is 6.75. The third kappa shape index (κ3) is 2.26. The molecule has 0 saturated heterocycles. The number of pyridine rings is 1. The van der Waals surface area contributed by atoms with Crippen LogP contribution in [0, 0.1) is 12.7 Å². The Morgan fingerprint density at radius 1 is 1.47 bits per heavy atom. The number of hydrogen-bond acceptors (Lipinski definition) is 3. The quantitative estimate of drug-likeness (QED) is 0.841. The van der Waals surface area contributed by atoms with Crippen LogP contribution in [0.5, 0.6) is 0 Å². The smallest absolute Gasteiger partial charge is 0.258 e. The lowest BCUT2D eigenvalue weighted by Gasteiger charge is -2.09. The summed E-state index contributed by atoms with van der Waals surface area (Å²) in [7, 11) is -4.53. The highest BCUT2D eigenvalue weighted by atomic mass is 32.2. The number of sulfonamides is 1. The molecule has 0 atom stereocenters. The van der Waals surface area contributed by atoms with Gasteiger partial charge in [-0.25, -0.2) is 26.7 Å². The molecular formula is C7H7F3N2O2S. The molecule has 0 aliphatic heterocycles. The molecule has 1 aromatic rings. The fourth-order valence-electron chi connectivity index (χ4n) is 1.12. The van der Waals surface area contributed by atoms with Gasteiger partial charge in [0.15, 0.2) is 5.82 Å². The van der Waals surface area contributed by atoms with Crippen LogP contribution < -0.4 is 5.14 Å². The summed E-state index contributed by atoms with van der Waals surface area (Å²) in [6, 6.07) is 0. The molecule has 1 rings (SSSR count). The van der Waals surface area contributed by atoms with Gasteiger partial charge in [0.05, 0.1) is 11.8 Å². The van der Waals surface area contributed by atoms with Crippen LogP contribution in [0.25, 0.3) is 0 Å². The van der Waals surface area contributed by atoms with Crippen molar-refractivity contribution in [1.29, 1.82) is 0 Å². The fourth-order valence-corrected chi connectivity index (χ4v) is 1.99. The van der Waals surface area contributed by atoms with Crippen LogP contribution in [0.15, 0.2) is 11.1 Å². The maximum absolute atomic E-state index is 13.0. The molecule has 0 amide bonds. The molecule has 0 spiro atoms. The predicted molar refractivity (Wildman–Crippen MR) is 45.3 cm³/mol. The van der Waals surface area contributed by atoms with Crippen LogP contribution in [-0.4, -0.2) is 13.4 Å². The number of rotatable bonds is 2. The summed E-state index contributed by atoms with van der Waals surface area (Å²) < 4.78 is 59.8. The summed E-state index contributed by atoms with van der Waals surface area (Å²) in [4.78, 5) is 2.11. The molecule has 0 aliphatic carbocycles. The van der Waals surface area contributed by atoms with Crippen molar-refractivity contribution < 1.29 is 21.6 Å². The topological polar surface area (TPSA) is 73.0 Å². The highest BCUT2D eigenvalue weighted by molar-refractivity contribution is 7.89. The lowest BCUT2D eigenvalue weighted by Crippen LogP contribution is -2.18. The van der Waals surface area contributed by atoms with Gasteiger partial charge in [-0.05, 0) is 6.92 Å². The van der Waals surface area contributed by atoms with Crippen LogP contribution in [-0.2, 0) is 10.0 Å². The van der Waals surface area contributed by atoms with E-state index in [0.29, 0.717) is 6.20 Å². The molecule has 0 saturated carbocycles. The lowest BCUT2D eigenvalue weighted by atomic mass is 10.2. The van der Waals surface area contributed by atoms with Gasteiger partial charge in [-0.15, -0.1) is 0 Å². The fraction of sp³-hybridized carbons (Fsp3) is 0.286. The Hall–Kier alpha value is -1.15. The summed E-state index contributed by atoms with van der Waals surface area (Å²) in [5.41, 5.74) is -1.26. The molecule has 1 aromatic heterocycles. The number of nitrogens with zero attached hydrogens (tertiary/aromatic N) is 1. The van der Waals surface area contributed by atoms with Gasteiger partial charge < -0.3 is 0 Å². The first-order valence-electron chi connectivity index (χ1n) is 3.71. The molecule has 1 heterocycles. The summed E-state index contributed by atoms with van der Waals surface area (Å²) in [5.74, 6) is -1.38. The number of primary sulfonamides is 1. The Morgan fingerprint density at radius 2 is 2.00 bits per heavy atom. The zero-order chi connectivity index (χ0) is 11.8. The van der Waals surface area contributed by atoms with E-state index in [1.165, 1.54) is 0 Å². The number of alkyl halides is 2. The van der Waals surface area contributed by atoms with Crippen molar-refractivity contribution in [3.63, 3.8) is 0 Å². The Labute approximate surface area is 84.0 Å². The van der Waals surface area contributed by atoms with Crippen LogP contribution in [0.1, 0.15) is 17.7 Å². The van der Waals surface area contributed by atoms with Gasteiger partial charge in [-0.3, -0.25) is 4.98 Å². The third-order valence-electron chi connectivity index (χ3n) is 1.73. The van der Waals surface area contributed by atoms with E-state index in [2.05, 4.69) is 10.1 Å². The summed E-state index contributed by atoms with van der Waals surface area (Å²) in [5, 5.41) is 4.64. The maximum Gasteiger partial charge on any atom is 0.267 e. The van der Waals surface area contributed by atoms with E-state index in [1.807, 2.05) is 0 Å². The molecule has 0 bridgehead atoms. The highest BCUT2D eigenvalue weighted by Gasteiger charge is 2.27. The van der Waals surface area contributed by atoms with E-state index in [9.17, 15) is 21.6 Å². The van der Waals surface area contributed by atoms with Gasteiger partial charge >= 0.3 is 0 Å². The first-order valence-corrected chi connectivity index (χ1v) is 5.25. The highest BCUT2D eigenvalue weighted by Crippen LogP contribution is 2.29. The van der Waals surface area contributed by atoms with E-state index < -0.39 is 32.7 Å². The Morgan fingerprint density at radius 3 is 2.33 bits per heavy atom. The van der Waals surface area contributed by atoms with Crippen molar-refractivity contribution in [2.45, 2.75) is 18.2 Å². The minimum Gasteiger partial charge on any atom is -0.258 e. The normalized spacial score (nSPS) is 12.1. The predicted octanol–water partition coefficient (Wildman–Crippen LogP) is 1.11. The molecule has 4 nitrogen and oxygen atoms in total. The van der Waals surface area contributed by atoms with Crippen LogP contribution in [0.3, 0.4) is 0 Å². The monoisotopic (exact) mass is 240 g/mol. The number of nitrogens with two attached hydrogens (primary N) is 1. The molecule has 0 unspecified atom stereocenters. The van der Waals surface area contributed by atoms with Crippen molar-refractivity contribution in [2.24, 2.45) is 5.14 Å². The molecule has 15 heavy (non-hydrogen) atoms. The number of halogens is 3. The zero-order valence-corrected chi connectivity index (χ0v) is 8.35. The molecule has 8 heteroatoms. The second kappa shape index (κ2) is 3.78. The van der Waals surface area contributed by atoms with Crippen LogP contribution >= 0.6 is 0 Å². The molecule has 0 aromatic carbocycles. The van der Waals surface area contributed by atoms with E-state index in [1.54, 1.807) is 0 Å². The van der Waals surface area contributed by atoms with Gasteiger partial charge in [0.25, 0.3) is 6.43 Å². The Bertz CT molecular complexity index is 487. The molecular weight excluding hydrogens is 233 g/mol. The second-order valence-electron chi connectivity index (χ2n) is 2.78. The van der Waals surface area contributed by atoms with Crippen molar-refractivity contribution in [3.05, 3.63) is 23.3 Å². The third-order valence-corrected chi connectivity index (χ3v) is 2.71. The average Bonchev–Trinajstić information content (AvgIpc) is 2.05. The SMILES string of the molecule is Cc1ncc(F)c(S(N)(=O)=O)c1C(F)F. The number of aromatic nitrogens is 1. The molecule has 84 valence electrons. The standard InChI is InChI=1S/C7H7F3N2O2S/c1-3-5(7(9)10)6(15(11,13)14)4(8)2-12-3/h2,7H,1H3,(H2,11,13,14). The number of aryl methyl sites for hydroxylation is 1. The average molecular weight is 240 g/mol. The summed E-state index contributed by atoms with van der Waals surface area (Å²) >= 11 is 0. The Kier molecular flexibility index (Phi) is 3.00. The van der Waals surface area contributed by atoms with Crippen LogP contribution in [0.4, 0.5) is 13.2 Å². The minimum atomic E-state index is -4.53. The summed E-state index contributed by atoms with van der Waals surface area (Å²) in [6.45, 7) is 1.15. The van der Waals surface area contributed by atoms with Crippen molar-refractivity contribution in [1.82, 2.24) is 4.98 Å². The summed E-state index contributed by atoms with van der Waals surface area (Å²) in [6.07, 6.45) is -2.61. The van der Waals surface area contributed by atoms with Crippen LogP contribution in [0.2, 0.25) is 0 Å². The maximum atomic E-state index is 13.0. The number of hydrogen-bond donors (Lipinski definition) is 1. The molecule has 0 fully saturated rings. The second-order valence-corrected chi connectivity index (χ2v) is 4.28. The van der Waals surface area contributed by atoms with Crippen molar-refractivity contribution in [3.8, 4) is 0 Å². The first kappa shape index (κ1) is 11.9.